The zero-order valence-corrected chi connectivity index (χ0v) is 18.9. The van der Waals surface area contributed by atoms with Gasteiger partial charge in [0.2, 0.25) is 0 Å². The van der Waals surface area contributed by atoms with Crippen LogP contribution in [-0.4, -0.2) is 30.4 Å². The molecule has 4 rings (SSSR count). The Bertz CT molecular complexity index is 1060. The molecule has 2 aromatic carbocycles. The molecule has 1 N–H and O–H groups in total. The number of esters is 1. The first kappa shape index (κ1) is 23.2. The van der Waals surface area contributed by atoms with E-state index >= 15 is 0 Å². The quantitative estimate of drug-likeness (QED) is 0.399. The minimum absolute atomic E-state index is 0.0129. The second-order valence-corrected chi connectivity index (χ2v) is 8.31. The van der Waals surface area contributed by atoms with Gasteiger partial charge in [0.25, 0.3) is 0 Å². The second kappa shape index (κ2) is 11.3. The first-order valence-electron chi connectivity index (χ1n) is 11.0. The van der Waals surface area contributed by atoms with Gasteiger partial charge in [0.1, 0.15) is 11.5 Å². The van der Waals surface area contributed by atoms with Gasteiger partial charge in [-0.25, -0.2) is 0 Å². The number of para-hydroxylation sites is 1. The Hall–Kier alpha value is -2.93. The molecule has 2 aliphatic heterocycles. The highest BCUT2D eigenvalue weighted by molar-refractivity contribution is 6.31. The number of aromatic hydroxyl groups is 1. The summed E-state index contributed by atoms with van der Waals surface area (Å²) in [4.78, 5) is 15.9. The molecule has 6 nitrogen and oxygen atoms in total. The van der Waals surface area contributed by atoms with Crippen molar-refractivity contribution in [3.8, 4) is 5.75 Å². The highest BCUT2D eigenvalue weighted by atomic mass is 35.5. The van der Waals surface area contributed by atoms with Crippen molar-refractivity contribution in [2.75, 3.05) is 13.2 Å². The summed E-state index contributed by atoms with van der Waals surface area (Å²) < 4.78 is 17.6. The molecule has 7 heteroatoms. The number of benzene rings is 2. The summed E-state index contributed by atoms with van der Waals surface area (Å²) in [7, 11) is 0. The molecule has 3 atom stereocenters. The summed E-state index contributed by atoms with van der Waals surface area (Å²) in [5.74, 6) is 0.486. The molecule has 1 unspecified atom stereocenters. The maximum atomic E-state index is 11.9. The van der Waals surface area contributed by atoms with Gasteiger partial charge in [0, 0.05) is 34.7 Å². The molecule has 1 saturated heterocycles. The van der Waals surface area contributed by atoms with Crippen LogP contribution in [0, 0.1) is 5.92 Å². The largest absolute Gasteiger partial charge is 0.508 e. The number of aliphatic imine (C=N–C) groups is 1. The van der Waals surface area contributed by atoms with Gasteiger partial charge in [-0.2, -0.15) is 0 Å². The maximum absolute atomic E-state index is 11.9. The lowest BCUT2D eigenvalue weighted by Crippen LogP contribution is -2.30. The fraction of sp³-hybridized carbons (Fsp3) is 0.308. The van der Waals surface area contributed by atoms with Crippen LogP contribution >= 0.6 is 11.6 Å². The predicted molar refractivity (Wildman–Crippen MR) is 126 cm³/mol. The van der Waals surface area contributed by atoms with Crippen LogP contribution in [0.2, 0.25) is 5.02 Å². The molecule has 172 valence electrons. The van der Waals surface area contributed by atoms with E-state index in [9.17, 15) is 9.90 Å². The first-order valence-corrected chi connectivity index (χ1v) is 11.3. The molecule has 0 spiro atoms. The summed E-state index contributed by atoms with van der Waals surface area (Å²) in [6.45, 7) is 0.863. The number of carbonyl (C=O) groups is 1. The van der Waals surface area contributed by atoms with Crippen molar-refractivity contribution in [1.82, 2.24) is 0 Å². The number of allylic oxidation sites excluding steroid dienone is 3. The molecule has 0 radical (unpaired) electrons. The van der Waals surface area contributed by atoms with Crippen LogP contribution in [0.4, 0.5) is 0 Å². The van der Waals surface area contributed by atoms with E-state index < -0.39 is 6.29 Å². The number of phenols is 1. The Balaban J connectivity index is 1.37. The normalized spacial score (nSPS) is 22.5. The third-order valence-electron chi connectivity index (χ3n) is 5.54. The van der Waals surface area contributed by atoms with Crippen LogP contribution in [0.15, 0.2) is 77.5 Å². The molecule has 0 aromatic heterocycles. The van der Waals surface area contributed by atoms with Crippen LogP contribution in [0.1, 0.15) is 42.8 Å². The zero-order chi connectivity index (χ0) is 23.0. The summed E-state index contributed by atoms with van der Waals surface area (Å²) in [5, 5.41) is 11.0. The smallest absolute Gasteiger partial charge is 0.311 e. The molecule has 2 aliphatic rings. The summed E-state index contributed by atoms with van der Waals surface area (Å²) in [6, 6.07) is 14.6. The van der Waals surface area contributed by atoms with E-state index in [4.69, 9.17) is 25.8 Å². The zero-order valence-electron chi connectivity index (χ0n) is 18.1. The Morgan fingerprint density at radius 1 is 1.15 bits per heavy atom. The van der Waals surface area contributed by atoms with Crippen LogP contribution in [0.3, 0.4) is 0 Å². The van der Waals surface area contributed by atoms with Gasteiger partial charge in [-0.05, 0) is 31.1 Å². The van der Waals surface area contributed by atoms with Gasteiger partial charge in [0.05, 0.1) is 19.3 Å². The predicted octanol–water partition coefficient (Wildman–Crippen LogP) is 5.69. The Morgan fingerprint density at radius 2 is 1.94 bits per heavy atom. The molecular weight excluding hydrogens is 442 g/mol. The number of hydrogen-bond donors (Lipinski definition) is 1. The third-order valence-corrected chi connectivity index (χ3v) is 5.89. The van der Waals surface area contributed by atoms with Crippen LogP contribution in [0.25, 0.3) is 0 Å². The molecule has 0 saturated carbocycles. The van der Waals surface area contributed by atoms with E-state index in [1.807, 2.05) is 42.5 Å². The average Bonchev–Trinajstić information content (AvgIpc) is 3.33. The maximum Gasteiger partial charge on any atom is 0.311 e. The lowest BCUT2D eigenvalue weighted by molar-refractivity contribution is -0.244. The van der Waals surface area contributed by atoms with Crippen molar-refractivity contribution in [3.05, 3.63) is 88.7 Å². The minimum Gasteiger partial charge on any atom is -0.508 e. The fourth-order valence-electron chi connectivity index (χ4n) is 3.84. The average molecular weight is 468 g/mol. The lowest BCUT2D eigenvalue weighted by Gasteiger charge is -2.37. The minimum atomic E-state index is -0.618. The van der Waals surface area contributed by atoms with E-state index in [1.165, 1.54) is 0 Å². The summed E-state index contributed by atoms with van der Waals surface area (Å²) in [6.07, 6.45) is 7.86. The summed E-state index contributed by atoms with van der Waals surface area (Å²) >= 11 is 6.35. The highest BCUT2D eigenvalue weighted by Gasteiger charge is 2.35. The van der Waals surface area contributed by atoms with Gasteiger partial charge >= 0.3 is 5.97 Å². The van der Waals surface area contributed by atoms with E-state index in [2.05, 4.69) is 4.99 Å². The van der Waals surface area contributed by atoms with Gasteiger partial charge in [-0.3, -0.25) is 9.79 Å². The second-order valence-electron chi connectivity index (χ2n) is 7.90. The molecule has 2 heterocycles. The van der Waals surface area contributed by atoms with Crippen LogP contribution in [0.5, 0.6) is 5.75 Å². The van der Waals surface area contributed by atoms with Crippen molar-refractivity contribution in [1.29, 1.82) is 0 Å². The van der Waals surface area contributed by atoms with Crippen LogP contribution in [-0.2, 0) is 19.0 Å². The van der Waals surface area contributed by atoms with Crippen molar-refractivity contribution in [3.63, 3.8) is 0 Å². The van der Waals surface area contributed by atoms with Crippen molar-refractivity contribution >= 4 is 23.8 Å². The van der Waals surface area contributed by atoms with Crippen molar-refractivity contribution < 1.29 is 24.1 Å². The van der Waals surface area contributed by atoms with E-state index in [0.29, 0.717) is 48.8 Å². The third kappa shape index (κ3) is 6.11. The van der Waals surface area contributed by atoms with Gasteiger partial charge in [-0.15, -0.1) is 0 Å². The Labute approximate surface area is 198 Å². The fourth-order valence-corrected chi connectivity index (χ4v) is 4.07. The lowest BCUT2D eigenvalue weighted by atomic mass is 9.91. The van der Waals surface area contributed by atoms with Gasteiger partial charge in [-0.1, -0.05) is 60.2 Å². The van der Waals surface area contributed by atoms with Crippen LogP contribution < -0.4 is 0 Å². The number of carbonyl (C=O) groups excluding carboxylic acids is 1. The highest BCUT2D eigenvalue weighted by Crippen LogP contribution is 2.43. The molecule has 0 amide bonds. The molecule has 2 aromatic rings. The molecule has 33 heavy (non-hydrogen) atoms. The van der Waals surface area contributed by atoms with Crippen molar-refractivity contribution in [2.24, 2.45) is 10.9 Å². The number of ether oxygens (including phenoxy) is 3. The van der Waals surface area contributed by atoms with Crippen molar-refractivity contribution in [2.45, 2.75) is 31.7 Å². The Morgan fingerprint density at radius 3 is 2.70 bits per heavy atom. The van der Waals surface area contributed by atoms with Gasteiger partial charge < -0.3 is 19.3 Å². The molecular formula is C26H26ClNO5. The van der Waals surface area contributed by atoms with Gasteiger partial charge in [0.15, 0.2) is 6.29 Å². The topological polar surface area (TPSA) is 77.4 Å². The Kier molecular flexibility index (Phi) is 7.94. The number of hydrogen-bond acceptors (Lipinski definition) is 6. The number of nitrogens with zero attached hydrogens (tertiary/aromatic N) is 1. The van der Waals surface area contributed by atoms with E-state index in [-0.39, 0.29) is 23.7 Å². The van der Waals surface area contributed by atoms with E-state index in [1.54, 1.807) is 30.5 Å². The molecule has 0 bridgehead atoms. The SMILES string of the molecule is O=C(CCC=CC[C@@H]1COC(c2ccccc2Cl)O[C@@H]1c1ccccc1O)OC1=CC=NC1. The molecule has 1 fully saturated rings. The number of rotatable bonds is 8. The number of phenolic OH excluding ortho intramolecular Hbond substituents is 1. The monoisotopic (exact) mass is 467 g/mol. The first-order chi connectivity index (χ1) is 16.1. The number of halogens is 1. The molecule has 0 aliphatic carbocycles. The summed E-state index contributed by atoms with van der Waals surface area (Å²) in [5.41, 5.74) is 1.47. The standard InChI is InChI=1S/C26H26ClNO5/c27-22-11-6-4-9-20(22)26-31-17-18(25(33-26)21-10-5-7-12-23(21)29)8-2-1-3-13-24(30)32-19-14-15-28-16-19/h1-2,4-7,9-12,14-15,18,25-26,29H,3,8,13,16-17H2/t18-,25+,26?/m1/s1. The van der Waals surface area contributed by atoms with E-state index in [0.717, 1.165) is 5.56 Å².